The van der Waals surface area contributed by atoms with E-state index in [9.17, 15) is 18.4 Å². The molecule has 34 heavy (non-hydrogen) atoms. The number of hydrogen-bond donors (Lipinski definition) is 0. The lowest BCUT2D eigenvalue weighted by Crippen LogP contribution is -2.47. The number of rotatable bonds is 6. The second kappa shape index (κ2) is 10.6. The van der Waals surface area contributed by atoms with Gasteiger partial charge in [0.1, 0.15) is 11.6 Å². The number of anilines is 1. The Balaban J connectivity index is 2.15. The lowest BCUT2D eigenvalue weighted by atomic mass is 9.90. The average molecular weight is 478 g/mol. The normalized spacial score (nSPS) is 17.0. The molecule has 1 aliphatic heterocycles. The molecule has 10 heteroatoms. The van der Waals surface area contributed by atoms with E-state index in [2.05, 4.69) is 0 Å². The van der Waals surface area contributed by atoms with Crippen LogP contribution >= 0.6 is 0 Å². The summed E-state index contributed by atoms with van der Waals surface area (Å²) in [5.74, 6) is -0.722. The standard InChI is InChI=1S/C24H28F2N2O6/c1-6-34-24(30)28-14(2)7-19(18-11-21(31-3)22(32-4)12-20(18)28)27(23(29)33-5)13-15-8-16(25)10-17(26)9-15/h8-12,14,19H,6-7,13H2,1-5H3. The highest BCUT2D eigenvalue weighted by atomic mass is 19.1. The quantitative estimate of drug-likeness (QED) is 0.579. The summed E-state index contributed by atoms with van der Waals surface area (Å²) < 4.78 is 48.8. The minimum atomic E-state index is -0.753. The Morgan fingerprint density at radius 3 is 2.21 bits per heavy atom. The lowest BCUT2D eigenvalue weighted by molar-refractivity contribution is 0.0940. The van der Waals surface area contributed by atoms with Crippen LogP contribution in [0.25, 0.3) is 0 Å². The topological polar surface area (TPSA) is 77.5 Å². The first-order valence-electron chi connectivity index (χ1n) is 10.7. The number of benzene rings is 2. The molecule has 0 fully saturated rings. The minimum absolute atomic E-state index is 0.119. The Hall–Kier alpha value is -3.56. The van der Waals surface area contributed by atoms with Crippen molar-refractivity contribution < 1.29 is 37.3 Å². The zero-order chi connectivity index (χ0) is 25.0. The Bertz CT molecular complexity index is 1040. The van der Waals surface area contributed by atoms with E-state index >= 15 is 0 Å². The SMILES string of the molecule is CCOC(=O)N1c2cc(OC)c(OC)cc2C(N(Cc2cc(F)cc(F)c2)C(=O)OC)CC1C. The van der Waals surface area contributed by atoms with Gasteiger partial charge in [0.25, 0.3) is 0 Å². The van der Waals surface area contributed by atoms with Gasteiger partial charge in [-0.15, -0.1) is 0 Å². The average Bonchev–Trinajstić information content (AvgIpc) is 2.80. The van der Waals surface area contributed by atoms with Crippen LogP contribution in [0, 0.1) is 11.6 Å². The first-order chi connectivity index (χ1) is 16.2. The van der Waals surface area contributed by atoms with Gasteiger partial charge >= 0.3 is 12.2 Å². The summed E-state index contributed by atoms with van der Waals surface area (Å²) in [4.78, 5) is 28.5. The molecule has 0 saturated carbocycles. The lowest BCUT2D eigenvalue weighted by Gasteiger charge is -2.42. The summed E-state index contributed by atoms with van der Waals surface area (Å²) in [6, 6.07) is 5.42. The molecular formula is C24H28F2N2O6. The Kier molecular flexibility index (Phi) is 7.80. The molecule has 3 rings (SSSR count). The molecule has 2 aromatic rings. The zero-order valence-corrected chi connectivity index (χ0v) is 19.8. The van der Waals surface area contributed by atoms with Crippen molar-refractivity contribution in [1.82, 2.24) is 4.90 Å². The molecule has 0 bridgehead atoms. The van der Waals surface area contributed by atoms with Gasteiger partial charge in [0.15, 0.2) is 11.5 Å². The number of carbonyl (C=O) groups excluding carboxylic acids is 2. The third-order valence-electron chi connectivity index (χ3n) is 5.68. The van der Waals surface area contributed by atoms with Gasteiger partial charge in [-0.05, 0) is 44.0 Å². The van der Waals surface area contributed by atoms with E-state index in [1.54, 1.807) is 19.1 Å². The second-order valence-corrected chi connectivity index (χ2v) is 7.81. The van der Waals surface area contributed by atoms with Gasteiger partial charge in [0.05, 0.1) is 39.7 Å². The summed E-state index contributed by atoms with van der Waals surface area (Å²) in [5, 5.41) is 0. The number of fused-ring (bicyclic) bond motifs is 1. The first kappa shape index (κ1) is 25.1. The molecule has 2 amide bonds. The van der Waals surface area contributed by atoms with Crippen LogP contribution < -0.4 is 14.4 Å². The molecule has 2 aromatic carbocycles. The van der Waals surface area contributed by atoms with E-state index in [-0.39, 0.29) is 24.8 Å². The number of methoxy groups -OCH3 is 3. The van der Waals surface area contributed by atoms with Crippen molar-refractivity contribution >= 4 is 17.9 Å². The van der Waals surface area contributed by atoms with Crippen molar-refractivity contribution in [2.24, 2.45) is 0 Å². The fourth-order valence-electron chi connectivity index (χ4n) is 4.24. The number of ether oxygens (including phenoxy) is 4. The van der Waals surface area contributed by atoms with Crippen LogP contribution in [-0.2, 0) is 16.0 Å². The fourth-order valence-corrected chi connectivity index (χ4v) is 4.24. The predicted octanol–water partition coefficient (Wildman–Crippen LogP) is 5.05. The molecule has 1 heterocycles. The number of carbonyl (C=O) groups is 2. The summed E-state index contributed by atoms with van der Waals surface area (Å²) in [5.41, 5.74) is 1.30. The zero-order valence-electron chi connectivity index (χ0n) is 19.8. The summed E-state index contributed by atoms with van der Waals surface area (Å²) in [6.45, 7) is 3.60. The molecule has 0 aromatic heterocycles. The van der Waals surface area contributed by atoms with Crippen molar-refractivity contribution in [3.05, 3.63) is 53.1 Å². The van der Waals surface area contributed by atoms with Crippen molar-refractivity contribution in [1.29, 1.82) is 0 Å². The van der Waals surface area contributed by atoms with Crippen LogP contribution in [0.5, 0.6) is 11.5 Å². The monoisotopic (exact) mass is 478 g/mol. The highest BCUT2D eigenvalue weighted by Gasteiger charge is 2.40. The summed E-state index contributed by atoms with van der Waals surface area (Å²) in [7, 11) is 4.18. The van der Waals surface area contributed by atoms with Gasteiger partial charge in [0.2, 0.25) is 0 Å². The maximum atomic E-state index is 13.8. The van der Waals surface area contributed by atoms with E-state index in [0.29, 0.717) is 29.2 Å². The van der Waals surface area contributed by atoms with Crippen molar-refractivity contribution in [3.63, 3.8) is 0 Å². The second-order valence-electron chi connectivity index (χ2n) is 7.81. The van der Waals surface area contributed by atoms with Crippen LogP contribution in [0.1, 0.15) is 37.4 Å². The molecule has 2 unspecified atom stereocenters. The third kappa shape index (κ3) is 5.00. The van der Waals surface area contributed by atoms with E-state index < -0.39 is 29.9 Å². The predicted molar refractivity (Wildman–Crippen MR) is 120 cm³/mol. The largest absolute Gasteiger partial charge is 0.493 e. The van der Waals surface area contributed by atoms with Gasteiger partial charge < -0.3 is 18.9 Å². The maximum Gasteiger partial charge on any atom is 0.414 e. The first-order valence-corrected chi connectivity index (χ1v) is 10.7. The number of nitrogens with zero attached hydrogens (tertiary/aromatic N) is 2. The van der Waals surface area contributed by atoms with Gasteiger partial charge in [-0.25, -0.2) is 18.4 Å². The van der Waals surface area contributed by atoms with Crippen LogP contribution in [0.4, 0.5) is 24.1 Å². The van der Waals surface area contributed by atoms with E-state index in [1.165, 1.54) is 31.1 Å². The smallest absolute Gasteiger partial charge is 0.414 e. The molecular weight excluding hydrogens is 450 g/mol. The van der Waals surface area contributed by atoms with Gasteiger partial charge in [-0.1, -0.05) is 0 Å². The maximum absolute atomic E-state index is 13.8. The van der Waals surface area contributed by atoms with Gasteiger partial charge in [-0.2, -0.15) is 0 Å². The minimum Gasteiger partial charge on any atom is -0.493 e. The van der Waals surface area contributed by atoms with Crippen LogP contribution in [0.2, 0.25) is 0 Å². The number of halogens is 2. The van der Waals surface area contributed by atoms with Crippen molar-refractivity contribution in [3.8, 4) is 11.5 Å². The molecule has 0 saturated heterocycles. The summed E-state index contributed by atoms with van der Waals surface area (Å²) >= 11 is 0. The van der Waals surface area contributed by atoms with Crippen LogP contribution in [-0.4, -0.2) is 51.1 Å². The highest BCUT2D eigenvalue weighted by molar-refractivity contribution is 5.91. The highest BCUT2D eigenvalue weighted by Crippen LogP contribution is 2.46. The molecule has 2 atom stereocenters. The van der Waals surface area contributed by atoms with E-state index in [4.69, 9.17) is 18.9 Å². The fraction of sp³-hybridized carbons (Fsp3) is 0.417. The van der Waals surface area contributed by atoms with Crippen molar-refractivity contribution in [2.45, 2.75) is 38.9 Å². The van der Waals surface area contributed by atoms with Crippen LogP contribution in [0.15, 0.2) is 30.3 Å². The number of amides is 2. The third-order valence-corrected chi connectivity index (χ3v) is 5.68. The number of hydrogen-bond acceptors (Lipinski definition) is 6. The van der Waals surface area contributed by atoms with E-state index in [0.717, 1.165) is 18.2 Å². The Morgan fingerprint density at radius 2 is 1.65 bits per heavy atom. The molecule has 184 valence electrons. The molecule has 0 aliphatic carbocycles. The molecule has 0 N–H and O–H groups in total. The summed E-state index contributed by atoms with van der Waals surface area (Å²) in [6.07, 6.45) is -0.917. The Morgan fingerprint density at radius 1 is 1.03 bits per heavy atom. The molecule has 0 spiro atoms. The Labute approximate surface area is 196 Å². The molecule has 0 radical (unpaired) electrons. The van der Waals surface area contributed by atoms with Crippen LogP contribution in [0.3, 0.4) is 0 Å². The molecule has 8 nitrogen and oxygen atoms in total. The molecule has 1 aliphatic rings. The van der Waals surface area contributed by atoms with Gasteiger partial charge in [-0.3, -0.25) is 9.80 Å². The van der Waals surface area contributed by atoms with Gasteiger partial charge in [0, 0.05) is 30.3 Å². The van der Waals surface area contributed by atoms with E-state index in [1.807, 2.05) is 6.92 Å². The van der Waals surface area contributed by atoms with Crippen molar-refractivity contribution in [2.75, 3.05) is 32.8 Å².